The fourth-order valence-corrected chi connectivity index (χ4v) is 2.83. The first kappa shape index (κ1) is 19.8. The number of carbonyl (C=O) groups excluding carboxylic acids is 1. The number of halogens is 2. The Hall–Kier alpha value is -2.47. The molecule has 2 aromatic carbocycles. The summed E-state index contributed by atoms with van der Waals surface area (Å²) in [6, 6.07) is 8.94. The fraction of sp³-hybridized carbons (Fsp3) is 0.316. The Balaban J connectivity index is 2.10. The number of hydrogen-bond acceptors (Lipinski definition) is 4. The normalized spacial score (nSPS) is 11.6. The van der Waals surface area contributed by atoms with Crippen molar-refractivity contribution in [2.45, 2.75) is 19.5 Å². The molecule has 0 aliphatic rings. The molecule has 1 N–H and O–H groups in total. The van der Waals surface area contributed by atoms with Crippen molar-refractivity contribution in [2.75, 3.05) is 26.6 Å². The van der Waals surface area contributed by atoms with Crippen molar-refractivity contribution >= 4 is 23.2 Å². The molecule has 1 atom stereocenters. The van der Waals surface area contributed by atoms with Gasteiger partial charge in [0.25, 0.3) is 0 Å². The number of nitrogens with zero attached hydrogens (tertiary/aromatic N) is 1. The van der Waals surface area contributed by atoms with Crippen molar-refractivity contribution in [1.29, 1.82) is 0 Å². The van der Waals surface area contributed by atoms with Crippen LogP contribution in [0.1, 0.15) is 12.5 Å². The lowest BCUT2D eigenvalue weighted by Gasteiger charge is -2.24. The maximum atomic E-state index is 13.3. The Labute approximate surface area is 157 Å². The standard InChI is InChI=1S/C19H22ClFN2O3/c1-12(19(24)23(2)11-13-6-5-7-14(21)8-13)22-16-9-15(20)17(25-3)10-18(16)26-4/h5-10,12,22H,11H2,1-4H3/t12-/m1/s1. The lowest BCUT2D eigenvalue weighted by molar-refractivity contribution is -0.130. The summed E-state index contributed by atoms with van der Waals surface area (Å²) in [4.78, 5) is 14.1. The van der Waals surface area contributed by atoms with Crippen molar-refractivity contribution in [2.24, 2.45) is 0 Å². The quantitative estimate of drug-likeness (QED) is 0.790. The highest BCUT2D eigenvalue weighted by Crippen LogP contribution is 2.36. The first-order valence-corrected chi connectivity index (χ1v) is 8.41. The number of nitrogens with one attached hydrogen (secondary N) is 1. The van der Waals surface area contributed by atoms with Crippen LogP contribution in [0.25, 0.3) is 0 Å². The highest BCUT2D eigenvalue weighted by molar-refractivity contribution is 6.32. The number of carbonyl (C=O) groups is 1. The van der Waals surface area contributed by atoms with Gasteiger partial charge in [-0.2, -0.15) is 0 Å². The van der Waals surface area contributed by atoms with Crippen LogP contribution in [0.15, 0.2) is 36.4 Å². The van der Waals surface area contributed by atoms with E-state index < -0.39 is 6.04 Å². The minimum atomic E-state index is -0.535. The molecule has 2 rings (SSSR count). The van der Waals surface area contributed by atoms with Crippen LogP contribution in [-0.2, 0) is 11.3 Å². The van der Waals surface area contributed by atoms with E-state index in [-0.39, 0.29) is 11.7 Å². The van der Waals surface area contributed by atoms with Crippen LogP contribution in [0.2, 0.25) is 5.02 Å². The van der Waals surface area contributed by atoms with Gasteiger partial charge in [0.1, 0.15) is 23.4 Å². The van der Waals surface area contributed by atoms with Gasteiger partial charge < -0.3 is 19.7 Å². The van der Waals surface area contributed by atoms with Crippen LogP contribution in [0.4, 0.5) is 10.1 Å². The highest BCUT2D eigenvalue weighted by Gasteiger charge is 2.20. The van der Waals surface area contributed by atoms with Crippen LogP contribution in [-0.4, -0.2) is 38.1 Å². The first-order chi connectivity index (χ1) is 12.3. The molecule has 0 aliphatic heterocycles. The largest absolute Gasteiger partial charge is 0.495 e. The van der Waals surface area contributed by atoms with Crippen LogP contribution >= 0.6 is 11.6 Å². The van der Waals surface area contributed by atoms with Crippen LogP contribution in [0.3, 0.4) is 0 Å². The molecule has 140 valence electrons. The summed E-state index contributed by atoms with van der Waals surface area (Å²) in [5.74, 6) is 0.519. The molecule has 2 aromatic rings. The average Bonchev–Trinajstić information content (AvgIpc) is 2.61. The van der Waals surface area contributed by atoms with Gasteiger partial charge >= 0.3 is 0 Å². The van der Waals surface area contributed by atoms with Gasteiger partial charge in [0.05, 0.1) is 24.9 Å². The second-order valence-corrected chi connectivity index (χ2v) is 6.28. The molecule has 0 saturated carbocycles. The van der Waals surface area contributed by atoms with Gasteiger partial charge in [-0.1, -0.05) is 23.7 Å². The van der Waals surface area contributed by atoms with Gasteiger partial charge in [-0.25, -0.2) is 4.39 Å². The Kier molecular flexibility index (Phi) is 6.69. The van der Waals surface area contributed by atoms with Gasteiger partial charge in [-0.15, -0.1) is 0 Å². The van der Waals surface area contributed by atoms with Crippen molar-refractivity contribution in [3.63, 3.8) is 0 Å². The zero-order valence-electron chi connectivity index (χ0n) is 15.2. The van der Waals surface area contributed by atoms with E-state index in [9.17, 15) is 9.18 Å². The van der Waals surface area contributed by atoms with Crippen molar-refractivity contribution in [3.8, 4) is 11.5 Å². The fourth-order valence-electron chi connectivity index (χ4n) is 2.59. The van der Waals surface area contributed by atoms with E-state index in [1.165, 1.54) is 31.3 Å². The van der Waals surface area contributed by atoms with E-state index in [1.807, 2.05) is 0 Å². The van der Waals surface area contributed by atoms with E-state index >= 15 is 0 Å². The summed E-state index contributed by atoms with van der Waals surface area (Å²) in [6.07, 6.45) is 0. The Bertz CT molecular complexity index is 785. The van der Waals surface area contributed by atoms with Crippen LogP contribution < -0.4 is 14.8 Å². The smallest absolute Gasteiger partial charge is 0.244 e. The summed E-state index contributed by atoms with van der Waals surface area (Å²) in [5, 5.41) is 3.51. The molecular formula is C19H22ClFN2O3. The second-order valence-electron chi connectivity index (χ2n) is 5.88. The summed E-state index contributed by atoms with van der Waals surface area (Å²) in [5.41, 5.74) is 1.30. The summed E-state index contributed by atoms with van der Waals surface area (Å²) in [7, 11) is 4.71. The number of ether oxygens (including phenoxy) is 2. The minimum Gasteiger partial charge on any atom is -0.495 e. The van der Waals surface area contributed by atoms with Gasteiger partial charge in [-0.05, 0) is 30.7 Å². The molecule has 0 saturated heterocycles. The lowest BCUT2D eigenvalue weighted by atomic mass is 10.2. The topological polar surface area (TPSA) is 50.8 Å². The number of anilines is 1. The van der Waals surface area contributed by atoms with Crippen molar-refractivity contribution in [3.05, 3.63) is 52.8 Å². The molecule has 5 nitrogen and oxygen atoms in total. The first-order valence-electron chi connectivity index (χ1n) is 8.03. The molecule has 0 aliphatic carbocycles. The number of amides is 1. The van der Waals surface area contributed by atoms with Gasteiger partial charge in [-0.3, -0.25) is 4.79 Å². The molecule has 0 fully saturated rings. The van der Waals surface area contributed by atoms with Gasteiger partial charge in [0, 0.05) is 19.7 Å². The lowest BCUT2D eigenvalue weighted by Crippen LogP contribution is -2.38. The Morgan fingerprint density at radius 3 is 2.54 bits per heavy atom. The maximum absolute atomic E-state index is 13.3. The van der Waals surface area contributed by atoms with E-state index in [4.69, 9.17) is 21.1 Å². The third-order valence-electron chi connectivity index (χ3n) is 3.90. The number of rotatable bonds is 7. The monoisotopic (exact) mass is 380 g/mol. The Morgan fingerprint density at radius 2 is 1.92 bits per heavy atom. The third kappa shape index (κ3) is 4.79. The molecule has 7 heteroatoms. The number of likely N-dealkylation sites (N-methyl/N-ethyl adjacent to an activating group) is 1. The van der Waals surface area contributed by atoms with Gasteiger partial charge in [0.2, 0.25) is 5.91 Å². The Morgan fingerprint density at radius 1 is 1.23 bits per heavy atom. The van der Waals surface area contributed by atoms with E-state index in [2.05, 4.69) is 5.32 Å². The number of benzene rings is 2. The number of methoxy groups -OCH3 is 2. The summed E-state index contributed by atoms with van der Waals surface area (Å²) >= 11 is 6.15. The average molecular weight is 381 g/mol. The molecule has 0 unspecified atom stereocenters. The highest BCUT2D eigenvalue weighted by atomic mass is 35.5. The molecule has 26 heavy (non-hydrogen) atoms. The van der Waals surface area contributed by atoms with Crippen LogP contribution in [0.5, 0.6) is 11.5 Å². The molecule has 0 heterocycles. The van der Waals surface area contributed by atoms with Crippen LogP contribution in [0, 0.1) is 5.82 Å². The van der Waals surface area contributed by atoms with Gasteiger partial charge in [0.15, 0.2) is 0 Å². The summed E-state index contributed by atoms with van der Waals surface area (Å²) in [6.45, 7) is 2.05. The molecular weight excluding hydrogens is 359 g/mol. The SMILES string of the molecule is COc1cc(OC)c(N[C@H](C)C(=O)N(C)Cc2cccc(F)c2)cc1Cl. The van der Waals surface area contributed by atoms with Crippen molar-refractivity contribution < 1.29 is 18.7 Å². The van der Waals surface area contributed by atoms with Crippen molar-refractivity contribution in [1.82, 2.24) is 4.90 Å². The van der Waals surface area contributed by atoms with E-state index in [0.29, 0.717) is 28.8 Å². The zero-order valence-corrected chi connectivity index (χ0v) is 15.9. The molecule has 0 aromatic heterocycles. The van der Waals surface area contributed by atoms with E-state index in [1.54, 1.807) is 38.2 Å². The summed E-state index contributed by atoms with van der Waals surface area (Å²) < 4.78 is 23.8. The van der Waals surface area contributed by atoms with E-state index in [0.717, 1.165) is 5.56 Å². The predicted octanol–water partition coefficient (Wildman–Crippen LogP) is 3.96. The second kappa shape index (κ2) is 8.76. The third-order valence-corrected chi connectivity index (χ3v) is 4.20. The molecule has 1 amide bonds. The predicted molar refractivity (Wildman–Crippen MR) is 101 cm³/mol. The molecule has 0 spiro atoms. The molecule has 0 bridgehead atoms. The molecule has 0 radical (unpaired) electrons. The minimum absolute atomic E-state index is 0.150. The number of hydrogen-bond donors (Lipinski definition) is 1. The zero-order chi connectivity index (χ0) is 19.3. The maximum Gasteiger partial charge on any atom is 0.244 e.